The van der Waals surface area contributed by atoms with Crippen LogP contribution in [0.4, 0.5) is 0 Å². The molecule has 3 aromatic carbocycles. The first-order chi connectivity index (χ1) is 13.2. The van der Waals surface area contributed by atoms with Crippen molar-refractivity contribution < 1.29 is 14.6 Å². The maximum absolute atomic E-state index is 12.1. The lowest BCUT2D eigenvalue weighted by Crippen LogP contribution is -2.19. The molecule has 0 aliphatic carbocycles. The Morgan fingerprint density at radius 2 is 1.70 bits per heavy atom. The summed E-state index contributed by atoms with van der Waals surface area (Å²) in [5, 5.41) is 12.3. The van der Waals surface area contributed by atoms with E-state index in [-0.39, 0.29) is 18.1 Å². The van der Waals surface area contributed by atoms with E-state index in [1.54, 1.807) is 18.3 Å². The third-order valence-corrected chi connectivity index (χ3v) is 4.15. The van der Waals surface area contributed by atoms with Gasteiger partial charge in [0.05, 0.1) is 13.5 Å². The first-order valence-corrected chi connectivity index (χ1v) is 8.63. The SMILES string of the molecule is COc1cc(CC(=O)N/C=C/c2ccc(-c3ccccc3)cc2)ccc1O. The van der Waals surface area contributed by atoms with Crippen LogP contribution < -0.4 is 10.1 Å². The number of phenolic OH excluding ortho intramolecular Hbond substituents is 1. The van der Waals surface area contributed by atoms with Gasteiger partial charge < -0.3 is 15.2 Å². The minimum absolute atomic E-state index is 0.0560. The Morgan fingerprint density at radius 1 is 1.00 bits per heavy atom. The summed E-state index contributed by atoms with van der Waals surface area (Å²) in [5.41, 5.74) is 4.09. The summed E-state index contributed by atoms with van der Waals surface area (Å²) < 4.78 is 5.05. The van der Waals surface area contributed by atoms with E-state index in [2.05, 4.69) is 29.6 Å². The monoisotopic (exact) mass is 359 g/mol. The van der Waals surface area contributed by atoms with E-state index in [4.69, 9.17) is 4.74 Å². The number of benzene rings is 3. The molecule has 0 aliphatic rings. The van der Waals surface area contributed by atoms with Crippen LogP contribution in [0.3, 0.4) is 0 Å². The Kier molecular flexibility index (Phi) is 5.90. The number of ether oxygens (including phenoxy) is 1. The van der Waals surface area contributed by atoms with Gasteiger partial charge in [0.2, 0.25) is 5.91 Å². The van der Waals surface area contributed by atoms with Gasteiger partial charge >= 0.3 is 0 Å². The van der Waals surface area contributed by atoms with Gasteiger partial charge in [-0.05, 0) is 40.5 Å². The van der Waals surface area contributed by atoms with E-state index in [1.807, 2.05) is 36.4 Å². The molecule has 0 bridgehead atoms. The highest BCUT2D eigenvalue weighted by Gasteiger charge is 2.06. The second-order valence-electron chi connectivity index (χ2n) is 6.07. The van der Waals surface area contributed by atoms with Crippen molar-refractivity contribution in [3.05, 3.63) is 90.1 Å². The number of amides is 1. The quantitative estimate of drug-likeness (QED) is 0.686. The van der Waals surface area contributed by atoms with Crippen LogP contribution in [-0.4, -0.2) is 18.1 Å². The molecule has 27 heavy (non-hydrogen) atoms. The average Bonchev–Trinajstić information content (AvgIpc) is 2.70. The number of hydrogen-bond donors (Lipinski definition) is 2. The molecule has 3 rings (SSSR count). The molecule has 0 fully saturated rings. The Morgan fingerprint density at radius 3 is 2.41 bits per heavy atom. The minimum Gasteiger partial charge on any atom is -0.504 e. The third kappa shape index (κ3) is 4.98. The lowest BCUT2D eigenvalue weighted by atomic mass is 10.0. The molecular weight excluding hydrogens is 338 g/mol. The zero-order chi connectivity index (χ0) is 19.1. The second-order valence-corrected chi connectivity index (χ2v) is 6.07. The van der Waals surface area contributed by atoms with Crippen LogP contribution in [-0.2, 0) is 11.2 Å². The van der Waals surface area contributed by atoms with E-state index in [9.17, 15) is 9.90 Å². The number of carbonyl (C=O) groups excluding carboxylic acids is 1. The third-order valence-electron chi connectivity index (χ3n) is 4.15. The largest absolute Gasteiger partial charge is 0.504 e. The Hall–Kier alpha value is -3.53. The van der Waals surface area contributed by atoms with Crippen LogP contribution in [0.1, 0.15) is 11.1 Å². The number of phenols is 1. The zero-order valence-corrected chi connectivity index (χ0v) is 15.1. The van der Waals surface area contributed by atoms with E-state index in [0.717, 1.165) is 16.7 Å². The topological polar surface area (TPSA) is 58.6 Å². The van der Waals surface area contributed by atoms with Gasteiger partial charge in [-0.25, -0.2) is 0 Å². The Bertz CT molecular complexity index is 932. The number of aromatic hydroxyl groups is 1. The van der Waals surface area contributed by atoms with E-state index in [0.29, 0.717) is 5.75 Å². The molecule has 0 atom stereocenters. The van der Waals surface area contributed by atoms with Gasteiger partial charge in [0, 0.05) is 6.20 Å². The lowest BCUT2D eigenvalue weighted by molar-refractivity contribution is -0.119. The summed E-state index contributed by atoms with van der Waals surface area (Å²) in [6, 6.07) is 23.2. The fraction of sp³-hybridized carbons (Fsp3) is 0.0870. The predicted octanol–water partition coefficient (Wildman–Crippen LogP) is 4.40. The van der Waals surface area contributed by atoms with Gasteiger partial charge in [0.25, 0.3) is 0 Å². The minimum atomic E-state index is -0.139. The standard InChI is InChI=1S/C23H21NO3/c1-27-22-15-18(9-12-21(22)25)16-23(26)24-14-13-17-7-10-20(11-8-17)19-5-3-2-4-6-19/h2-15,25H,16H2,1H3,(H,24,26)/b14-13+. The Labute approximate surface area is 158 Å². The van der Waals surface area contributed by atoms with Crippen molar-refractivity contribution in [3.63, 3.8) is 0 Å². The molecule has 0 aromatic heterocycles. The smallest absolute Gasteiger partial charge is 0.228 e. The molecule has 4 heteroatoms. The van der Waals surface area contributed by atoms with Crippen LogP contribution in [0.15, 0.2) is 79.0 Å². The molecule has 4 nitrogen and oxygen atoms in total. The molecule has 2 N–H and O–H groups in total. The van der Waals surface area contributed by atoms with E-state index < -0.39 is 0 Å². The number of methoxy groups -OCH3 is 1. The highest BCUT2D eigenvalue weighted by molar-refractivity contribution is 5.80. The van der Waals surface area contributed by atoms with Gasteiger partial charge in [-0.2, -0.15) is 0 Å². The fourth-order valence-corrected chi connectivity index (χ4v) is 2.72. The summed E-state index contributed by atoms with van der Waals surface area (Å²) >= 11 is 0. The number of nitrogens with one attached hydrogen (secondary N) is 1. The van der Waals surface area contributed by atoms with Crippen molar-refractivity contribution in [2.75, 3.05) is 7.11 Å². The fourth-order valence-electron chi connectivity index (χ4n) is 2.72. The van der Waals surface area contributed by atoms with Crippen molar-refractivity contribution in [1.29, 1.82) is 0 Å². The first-order valence-electron chi connectivity index (χ1n) is 8.63. The lowest BCUT2D eigenvalue weighted by Gasteiger charge is -2.06. The molecule has 0 unspecified atom stereocenters. The van der Waals surface area contributed by atoms with Gasteiger partial charge in [-0.1, -0.05) is 60.7 Å². The van der Waals surface area contributed by atoms with Crippen LogP contribution in [0.5, 0.6) is 11.5 Å². The van der Waals surface area contributed by atoms with Crippen LogP contribution in [0.2, 0.25) is 0 Å². The number of hydrogen-bond acceptors (Lipinski definition) is 3. The molecule has 0 aliphatic heterocycles. The summed E-state index contributed by atoms with van der Waals surface area (Å²) in [4.78, 5) is 12.1. The van der Waals surface area contributed by atoms with Crippen molar-refractivity contribution in [3.8, 4) is 22.6 Å². The molecule has 1 amide bonds. The van der Waals surface area contributed by atoms with Crippen molar-refractivity contribution in [2.24, 2.45) is 0 Å². The van der Waals surface area contributed by atoms with Crippen LogP contribution in [0, 0.1) is 0 Å². The molecule has 0 radical (unpaired) electrons. The molecule has 0 saturated carbocycles. The van der Waals surface area contributed by atoms with E-state index in [1.165, 1.54) is 18.7 Å². The molecule has 0 heterocycles. The Balaban J connectivity index is 1.56. The van der Waals surface area contributed by atoms with Gasteiger partial charge in [-0.15, -0.1) is 0 Å². The average molecular weight is 359 g/mol. The van der Waals surface area contributed by atoms with Gasteiger partial charge in [-0.3, -0.25) is 4.79 Å². The van der Waals surface area contributed by atoms with Crippen molar-refractivity contribution in [2.45, 2.75) is 6.42 Å². The van der Waals surface area contributed by atoms with Crippen molar-refractivity contribution in [1.82, 2.24) is 5.32 Å². The van der Waals surface area contributed by atoms with Crippen LogP contribution in [0.25, 0.3) is 17.2 Å². The normalized spacial score (nSPS) is 10.7. The van der Waals surface area contributed by atoms with E-state index >= 15 is 0 Å². The number of carbonyl (C=O) groups is 1. The summed E-state index contributed by atoms with van der Waals surface area (Å²) in [6.45, 7) is 0. The van der Waals surface area contributed by atoms with Gasteiger partial charge in [0.1, 0.15) is 0 Å². The maximum Gasteiger partial charge on any atom is 0.228 e. The molecule has 0 spiro atoms. The summed E-state index contributed by atoms with van der Waals surface area (Å²) in [6.07, 6.45) is 3.69. The highest BCUT2D eigenvalue weighted by Crippen LogP contribution is 2.26. The second kappa shape index (κ2) is 8.72. The highest BCUT2D eigenvalue weighted by atomic mass is 16.5. The number of rotatable bonds is 6. The maximum atomic E-state index is 12.1. The zero-order valence-electron chi connectivity index (χ0n) is 15.1. The van der Waals surface area contributed by atoms with Crippen LogP contribution >= 0.6 is 0 Å². The molecule has 136 valence electrons. The summed E-state index contributed by atoms with van der Waals surface area (Å²) in [5.74, 6) is 0.273. The van der Waals surface area contributed by atoms with Gasteiger partial charge in [0.15, 0.2) is 11.5 Å². The first kappa shape index (κ1) is 18.3. The molecule has 3 aromatic rings. The summed E-state index contributed by atoms with van der Waals surface area (Å²) in [7, 11) is 1.48. The predicted molar refractivity (Wildman–Crippen MR) is 107 cm³/mol. The molecule has 0 saturated heterocycles. The van der Waals surface area contributed by atoms with Crippen molar-refractivity contribution >= 4 is 12.0 Å². The molecular formula is C23H21NO3.